The van der Waals surface area contributed by atoms with E-state index in [2.05, 4.69) is 0 Å². The molecule has 0 aromatic carbocycles. The van der Waals surface area contributed by atoms with E-state index in [1.54, 1.807) is 28.9 Å². The number of nitrogens with zero attached hydrogens (tertiary/aromatic N) is 1. The van der Waals surface area contributed by atoms with Crippen LogP contribution in [-0.4, -0.2) is 10.4 Å². The van der Waals surface area contributed by atoms with Crippen molar-refractivity contribution in [3.8, 4) is 11.1 Å². The van der Waals surface area contributed by atoms with Gasteiger partial charge in [0.1, 0.15) is 0 Å². The number of carbonyl (C=O) groups excluding carboxylic acids is 1. The van der Waals surface area contributed by atoms with Crippen molar-refractivity contribution in [2.24, 2.45) is 0 Å². The maximum Gasteiger partial charge on any atom is 0.258 e. The molecule has 92 valence electrons. The number of rotatable bonds is 2. The average molecular weight is 259 g/mol. The molecule has 0 atom stereocenters. The molecule has 3 rings (SSSR count). The first-order valence-corrected chi connectivity index (χ1v) is 6.93. The highest BCUT2D eigenvalue weighted by Gasteiger charge is 2.21. The summed E-state index contributed by atoms with van der Waals surface area (Å²) in [4.78, 5) is 24.1. The molecule has 0 unspecified atom stereocenters. The number of fused-ring (bicyclic) bond motifs is 1. The minimum Gasteiger partial charge on any atom is -0.311 e. The summed E-state index contributed by atoms with van der Waals surface area (Å²) in [5, 5.41) is 3.89. The average Bonchev–Trinajstić information content (AvgIpc) is 2.99. The molecule has 3 heterocycles. The van der Waals surface area contributed by atoms with E-state index in [9.17, 15) is 9.59 Å². The lowest BCUT2D eigenvalue weighted by atomic mass is 10.0. The maximum atomic E-state index is 12.4. The lowest BCUT2D eigenvalue weighted by molar-refractivity contribution is 0.101. The van der Waals surface area contributed by atoms with Crippen LogP contribution in [0.3, 0.4) is 0 Å². The largest absolute Gasteiger partial charge is 0.311 e. The van der Waals surface area contributed by atoms with Gasteiger partial charge in [0.05, 0.1) is 0 Å². The summed E-state index contributed by atoms with van der Waals surface area (Å²) in [6.45, 7) is 2.29. The highest BCUT2D eigenvalue weighted by Crippen LogP contribution is 2.24. The van der Waals surface area contributed by atoms with Crippen molar-refractivity contribution >= 4 is 17.1 Å². The first-order valence-electron chi connectivity index (χ1n) is 5.98. The van der Waals surface area contributed by atoms with Crippen LogP contribution < -0.4 is 5.56 Å². The third kappa shape index (κ3) is 1.64. The topological polar surface area (TPSA) is 39.1 Å². The SMILES string of the molecule is CC(=O)c1cc(-c2ccsc2)c(=O)n2c1CCC2. The second-order valence-corrected chi connectivity index (χ2v) is 5.33. The van der Waals surface area contributed by atoms with Gasteiger partial charge in [0.25, 0.3) is 5.56 Å². The summed E-state index contributed by atoms with van der Waals surface area (Å²) in [5.41, 5.74) is 3.20. The zero-order chi connectivity index (χ0) is 12.7. The molecule has 0 amide bonds. The highest BCUT2D eigenvalue weighted by atomic mass is 32.1. The van der Waals surface area contributed by atoms with Crippen molar-refractivity contribution in [2.75, 3.05) is 0 Å². The van der Waals surface area contributed by atoms with Crippen LogP contribution in [-0.2, 0) is 13.0 Å². The van der Waals surface area contributed by atoms with Crippen LogP contribution >= 0.6 is 11.3 Å². The fourth-order valence-electron chi connectivity index (χ4n) is 2.54. The van der Waals surface area contributed by atoms with Crippen molar-refractivity contribution in [2.45, 2.75) is 26.3 Å². The lowest BCUT2D eigenvalue weighted by Crippen LogP contribution is -2.23. The molecule has 4 heteroatoms. The van der Waals surface area contributed by atoms with Gasteiger partial charge in [0, 0.05) is 23.4 Å². The molecule has 0 bridgehead atoms. The van der Waals surface area contributed by atoms with Crippen molar-refractivity contribution in [1.82, 2.24) is 4.57 Å². The monoisotopic (exact) mass is 259 g/mol. The van der Waals surface area contributed by atoms with E-state index in [-0.39, 0.29) is 11.3 Å². The standard InChI is InChI=1S/C14H13NO2S/c1-9(16)11-7-12(10-4-6-18-8-10)14(17)15-5-2-3-13(11)15/h4,6-8H,2-3,5H2,1H3. The zero-order valence-corrected chi connectivity index (χ0v) is 10.9. The normalized spacial score (nSPS) is 13.6. The number of hydrogen-bond acceptors (Lipinski definition) is 3. The number of ketones is 1. The predicted octanol–water partition coefficient (Wildman–Crippen LogP) is 2.73. The Balaban J connectivity index is 2.32. The number of Topliss-reactive ketones (excluding diaryl/α,β-unsaturated/α-hetero) is 1. The third-order valence-corrected chi connectivity index (χ3v) is 4.09. The van der Waals surface area contributed by atoms with E-state index >= 15 is 0 Å². The molecule has 2 aromatic rings. The van der Waals surface area contributed by atoms with Gasteiger partial charge in [-0.1, -0.05) is 0 Å². The van der Waals surface area contributed by atoms with Crippen LogP contribution in [0.4, 0.5) is 0 Å². The van der Waals surface area contributed by atoms with Gasteiger partial charge in [0.15, 0.2) is 5.78 Å². The van der Waals surface area contributed by atoms with Gasteiger partial charge >= 0.3 is 0 Å². The van der Waals surface area contributed by atoms with Crippen molar-refractivity contribution in [3.05, 3.63) is 44.5 Å². The summed E-state index contributed by atoms with van der Waals surface area (Å²) >= 11 is 1.56. The molecular formula is C14H13NO2S. The van der Waals surface area contributed by atoms with E-state index in [1.165, 1.54) is 0 Å². The third-order valence-electron chi connectivity index (χ3n) is 3.41. The van der Waals surface area contributed by atoms with E-state index in [1.807, 2.05) is 16.8 Å². The lowest BCUT2D eigenvalue weighted by Gasteiger charge is -2.10. The molecular weight excluding hydrogens is 246 g/mol. The van der Waals surface area contributed by atoms with Gasteiger partial charge in [-0.3, -0.25) is 9.59 Å². The van der Waals surface area contributed by atoms with Crippen LogP contribution in [0, 0.1) is 0 Å². The molecule has 0 radical (unpaired) electrons. The Hall–Kier alpha value is -1.68. The first-order chi connectivity index (χ1) is 8.68. The predicted molar refractivity (Wildman–Crippen MR) is 72.3 cm³/mol. The van der Waals surface area contributed by atoms with Crippen LogP contribution in [0.1, 0.15) is 29.4 Å². The fourth-order valence-corrected chi connectivity index (χ4v) is 3.20. The highest BCUT2D eigenvalue weighted by molar-refractivity contribution is 7.08. The van der Waals surface area contributed by atoms with E-state index < -0.39 is 0 Å². The van der Waals surface area contributed by atoms with Crippen molar-refractivity contribution in [3.63, 3.8) is 0 Å². The molecule has 1 aliphatic rings. The molecule has 0 spiro atoms. The maximum absolute atomic E-state index is 12.4. The molecule has 3 nitrogen and oxygen atoms in total. The molecule has 0 saturated heterocycles. The summed E-state index contributed by atoms with van der Waals surface area (Å²) < 4.78 is 1.77. The molecule has 0 aliphatic carbocycles. The quantitative estimate of drug-likeness (QED) is 0.778. The summed E-state index contributed by atoms with van der Waals surface area (Å²) in [6, 6.07) is 3.69. The van der Waals surface area contributed by atoms with Gasteiger partial charge in [-0.25, -0.2) is 0 Å². The van der Waals surface area contributed by atoms with Gasteiger partial charge in [0.2, 0.25) is 0 Å². The van der Waals surface area contributed by atoms with Crippen molar-refractivity contribution in [1.29, 1.82) is 0 Å². The Labute approximate surface area is 109 Å². The molecule has 2 aromatic heterocycles. The zero-order valence-electron chi connectivity index (χ0n) is 10.1. The number of carbonyl (C=O) groups is 1. The Bertz CT molecular complexity index is 668. The number of thiophene rings is 1. The number of hydrogen-bond donors (Lipinski definition) is 0. The van der Waals surface area contributed by atoms with Crippen LogP contribution in [0.2, 0.25) is 0 Å². The van der Waals surface area contributed by atoms with Crippen LogP contribution in [0.25, 0.3) is 11.1 Å². The smallest absolute Gasteiger partial charge is 0.258 e. The first kappa shape index (κ1) is 11.4. The van der Waals surface area contributed by atoms with Gasteiger partial charge in [-0.2, -0.15) is 11.3 Å². The molecule has 1 aliphatic heterocycles. The Morgan fingerprint density at radius 3 is 2.94 bits per heavy atom. The summed E-state index contributed by atoms with van der Waals surface area (Å²) in [6.07, 6.45) is 1.77. The minimum atomic E-state index is 0.0332. The summed E-state index contributed by atoms with van der Waals surface area (Å²) in [5.74, 6) is 0.0390. The molecule has 18 heavy (non-hydrogen) atoms. The fraction of sp³-hybridized carbons (Fsp3) is 0.286. The number of aromatic nitrogens is 1. The second kappa shape index (κ2) is 4.21. The van der Waals surface area contributed by atoms with Gasteiger partial charge in [-0.05, 0) is 48.2 Å². The Kier molecular flexibility index (Phi) is 2.67. The van der Waals surface area contributed by atoms with Crippen LogP contribution in [0.5, 0.6) is 0 Å². The Morgan fingerprint density at radius 2 is 2.28 bits per heavy atom. The molecule has 0 N–H and O–H groups in total. The number of pyridine rings is 1. The summed E-state index contributed by atoms with van der Waals surface area (Å²) in [7, 11) is 0. The van der Waals surface area contributed by atoms with Gasteiger partial charge in [-0.15, -0.1) is 0 Å². The Morgan fingerprint density at radius 1 is 1.44 bits per heavy atom. The second-order valence-electron chi connectivity index (χ2n) is 4.55. The minimum absolute atomic E-state index is 0.0332. The van der Waals surface area contributed by atoms with E-state index in [0.29, 0.717) is 11.1 Å². The van der Waals surface area contributed by atoms with Crippen molar-refractivity contribution < 1.29 is 4.79 Å². The van der Waals surface area contributed by atoms with E-state index in [0.717, 1.165) is 30.6 Å². The van der Waals surface area contributed by atoms with Gasteiger partial charge < -0.3 is 4.57 Å². The molecule has 0 fully saturated rings. The van der Waals surface area contributed by atoms with E-state index in [4.69, 9.17) is 0 Å². The molecule has 0 saturated carbocycles. The van der Waals surface area contributed by atoms with Crippen LogP contribution in [0.15, 0.2) is 27.7 Å².